The molecule has 1 fully saturated rings. The Kier molecular flexibility index (Phi) is 3.73. The van der Waals surface area contributed by atoms with Crippen molar-refractivity contribution in [2.24, 2.45) is 0 Å². The van der Waals surface area contributed by atoms with Crippen molar-refractivity contribution in [3.05, 3.63) is 24.0 Å². The standard InChI is InChI=1S/C14H17BrFN3/c15-7-6-11-3-1-2-8-19(11)14-17-12-5-4-10(16)9-13(12)18-14/h4-5,9,11H,1-3,6-8H2,(H,17,18). The highest BCUT2D eigenvalue weighted by atomic mass is 79.9. The van der Waals surface area contributed by atoms with E-state index in [9.17, 15) is 4.39 Å². The Hall–Kier alpha value is -1.10. The average Bonchev–Trinajstić information content (AvgIpc) is 2.82. The van der Waals surface area contributed by atoms with Crippen molar-refractivity contribution in [2.45, 2.75) is 31.7 Å². The summed E-state index contributed by atoms with van der Waals surface area (Å²) in [6.07, 6.45) is 4.80. The first-order valence-corrected chi connectivity index (χ1v) is 7.88. The lowest BCUT2D eigenvalue weighted by Gasteiger charge is -2.35. The van der Waals surface area contributed by atoms with Crippen molar-refractivity contribution >= 4 is 32.9 Å². The van der Waals surface area contributed by atoms with Crippen LogP contribution in [0, 0.1) is 5.82 Å². The predicted molar refractivity (Wildman–Crippen MR) is 79.4 cm³/mol. The molecule has 1 aliphatic heterocycles. The van der Waals surface area contributed by atoms with Gasteiger partial charge < -0.3 is 9.88 Å². The predicted octanol–water partition coefficient (Wildman–Crippen LogP) is 3.85. The second-order valence-corrected chi connectivity index (χ2v) is 5.84. The van der Waals surface area contributed by atoms with Crippen LogP contribution < -0.4 is 4.90 Å². The third-order valence-corrected chi connectivity index (χ3v) is 4.23. The number of halogens is 2. The zero-order valence-corrected chi connectivity index (χ0v) is 12.3. The number of benzene rings is 1. The molecule has 2 aromatic rings. The van der Waals surface area contributed by atoms with Crippen LogP contribution in [-0.4, -0.2) is 27.9 Å². The van der Waals surface area contributed by atoms with Crippen LogP contribution in [0.3, 0.4) is 0 Å². The number of anilines is 1. The summed E-state index contributed by atoms with van der Waals surface area (Å²) < 4.78 is 13.2. The zero-order chi connectivity index (χ0) is 13.2. The first kappa shape index (κ1) is 12.9. The van der Waals surface area contributed by atoms with E-state index < -0.39 is 0 Å². The number of rotatable bonds is 3. The molecule has 1 saturated heterocycles. The van der Waals surface area contributed by atoms with E-state index in [1.54, 1.807) is 6.07 Å². The quantitative estimate of drug-likeness (QED) is 0.869. The highest BCUT2D eigenvalue weighted by molar-refractivity contribution is 9.09. The molecule has 19 heavy (non-hydrogen) atoms. The fourth-order valence-electron chi connectivity index (χ4n) is 2.81. The molecular weight excluding hydrogens is 309 g/mol. The fraction of sp³-hybridized carbons (Fsp3) is 0.500. The lowest BCUT2D eigenvalue weighted by Crippen LogP contribution is -2.40. The Morgan fingerprint density at radius 2 is 2.32 bits per heavy atom. The van der Waals surface area contributed by atoms with Gasteiger partial charge >= 0.3 is 0 Å². The Bertz CT molecular complexity index is 567. The minimum Gasteiger partial charge on any atom is -0.339 e. The third-order valence-electron chi connectivity index (χ3n) is 3.77. The van der Waals surface area contributed by atoms with Gasteiger partial charge in [0.2, 0.25) is 5.95 Å². The van der Waals surface area contributed by atoms with E-state index in [4.69, 9.17) is 0 Å². The van der Waals surface area contributed by atoms with Crippen LogP contribution in [0.25, 0.3) is 11.0 Å². The highest BCUT2D eigenvalue weighted by Crippen LogP contribution is 2.27. The summed E-state index contributed by atoms with van der Waals surface area (Å²) in [5.41, 5.74) is 1.61. The van der Waals surface area contributed by atoms with Gasteiger partial charge in [-0.1, -0.05) is 15.9 Å². The highest BCUT2D eigenvalue weighted by Gasteiger charge is 2.24. The second kappa shape index (κ2) is 5.49. The van der Waals surface area contributed by atoms with Crippen molar-refractivity contribution < 1.29 is 4.39 Å². The topological polar surface area (TPSA) is 31.9 Å². The van der Waals surface area contributed by atoms with E-state index in [1.165, 1.54) is 31.4 Å². The minimum atomic E-state index is -0.224. The maximum atomic E-state index is 13.2. The first-order chi connectivity index (χ1) is 9.28. The Morgan fingerprint density at radius 1 is 1.42 bits per heavy atom. The van der Waals surface area contributed by atoms with E-state index in [0.29, 0.717) is 6.04 Å². The minimum absolute atomic E-state index is 0.224. The monoisotopic (exact) mass is 325 g/mol. The van der Waals surface area contributed by atoms with Gasteiger partial charge in [-0.2, -0.15) is 0 Å². The number of H-pyrrole nitrogens is 1. The average molecular weight is 326 g/mol. The van der Waals surface area contributed by atoms with Crippen molar-refractivity contribution in [2.75, 3.05) is 16.8 Å². The summed E-state index contributed by atoms with van der Waals surface area (Å²) in [7, 11) is 0. The van der Waals surface area contributed by atoms with Gasteiger partial charge in [0.05, 0.1) is 11.0 Å². The summed E-state index contributed by atoms with van der Waals surface area (Å²) in [6, 6.07) is 5.22. The van der Waals surface area contributed by atoms with Gasteiger partial charge in [-0.15, -0.1) is 0 Å². The largest absolute Gasteiger partial charge is 0.339 e. The summed E-state index contributed by atoms with van der Waals surface area (Å²) in [6.45, 7) is 1.03. The van der Waals surface area contributed by atoms with E-state index in [2.05, 4.69) is 30.8 Å². The van der Waals surface area contributed by atoms with Crippen LogP contribution in [-0.2, 0) is 0 Å². The molecule has 1 N–H and O–H groups in total. The van der Waals surface area contributed by atoms with Crippen molar-refractivity contribution in [3.8, 4) is 0 Å². The van der Waals surface area contributed by atoms with E-state index in [-0.39, 0.29) is 5.82 Å². The van der Waals surface area contributed by atoms with Crippen LogP contribution >= 0.6 is 15.9 Å². The van der Waals surface area contributed by atoms with Crippen LogP contribution in [0.2, 0.25) is 0 Å². The Morgan fingerprint density at radius 3 is 3.16 bits per heavy atom. The summed E-state index contributed by atoms with van der Waals surface area (Å²) >= 11 is 3.52. The van der Waals surface area contributed by atoms with Gasteiger partial charge in [0.25, 0.3) is 0 Å². The molecule has 5 heteroatoms. The molecule has 2 heterocycles. The normalized spacial score (nSPS) is 20.1. The third kappa shape index (κ3) is 2.61. The van der Waals surface area contributed by atoms with E-state index in [1.807, 2.05) is 0 Å². The lowest BCUT2D eigenvalue weighted by molar-refractivity contribution is 0.447. The number of aromatic amines is 1. The molecule has 0 aliphatic carbocycles. The maximum absolute atomic E-state index is 13.2. The van der Waals surface area contributed by atoms with Gasteiger partial charge in [-0.25, -0.2) is 9.37 Å². The molecule has 1 aromatic carbocycles. The van der Waals surface area contributed by atoms with Crippen molar-refractivity contribution in [3.63, 3.8) is 0 Å². The molecule has 3 rings (SSSR count). The number of aromatic nitrogens is 2. The van der Waals surface area contributed by atoms with Crippen LogP contribution in [0.1, 0.15) is 25.7 Å². The molecule has 102 valence electrons. The molecule has 1 unspecified atom stereocenters. The number of piperidine rings is 1. The fourth-order valence-corrected chi connectivity index (χ4v) is 3.34. The number of imidazole rings is 1. The number of fused-ring (bicyclic) bond motifs is 1. The van der Waals surface area contributed by atoms with E-state index in [0.717, 1.165) is 35.3 Å². The zero-order valence-electron chi connectivity index (χ0n) is 10.7. The molecule has 0 amide bonds. The molecule has 1 aromatic heterocycles. The summed E-state index contributed by atoms with van der Waals surface area (Å²) in [4.78, 5) is 10.2. The molecular formula is C14H17BrFN3. The van der Waals surface area contributed by atoms with Gasteiger partial charge in [0.1, 0.15) is 5.82 Å². The molecule has 0 radical (unpaired) electrons. The van der Waals surface area contributed by atoms with Crippen LogP contribution in [0.5, 0.6) is 0 Å². The van der Waals surface area contributed by atoms with Gasteiger partial charge in [0, 0.05) is 17.9 Å². The summed E-state index contributed by atoms with van der Waals surface area (Å²) in [5.74, 6) is 0.657. The SMILES string of the molecule is Fc1ccc2nc(N3CCCCC3CCBr)[nH]c2c1. The second-order valence-electron chi connectivity index (χ2n) is 5.04. The number of alkyl halides is 1. The lowest BCUT2D eigenvalue weighted by atomic mass is 10.0. The molecule has 0 saturated carbocycles. The Labute approximate surface area is 120 Å². The van der Waals surface area contributed by atoms with Gasteiger partial charge in [0.15, 0.2) is 0 Å². The first-order valence-electron chi connectivity index (χ1n) is 6.76. The molecule has 0 bridgehead atoms. The molecule has 0 spiro atoms. The van der Waals surface area contributed by atoms with Crippen molar-refractivity contribution in [1.29, 1.82) is 0 Å². The number of hydrogen-bond donors (Lipinski definition) is 1. The van der Waals surface area contributed by atoms with Gasteiger partial charge in [-0.3, -0.25) is 0 Å². The number of nitrogens with zero attached hydrogens (tertiary/aromatic N) is 2. The number of hydrogen-bond acceptors (Lipinski definition) is 2. The molecule has 1 aliphatic rings. The summed E-state index contributed by atoms with van der Waals surface area (Å²) in [5, 5.41) is 1.00. The Balaban J connectivity index is 1.92. The van der Waals surface area contributed by atoms with E-state index >= 15 is 0 Å². The maximum Gasteiger partial charge on any atom is 0.204 e. The molecule has 1 atom stereocenters. The van der Waals surface area contributed by atoms with Crippen LogP contribution in [0.4, 0.5) is 10.3 Å². The smallest absolute Gasteiger partial charge is 0.204 e. The van der Waals surface area contributed by atoms with Gasteiger partial charge in [-0.05, 0) is 43.9 Å². The number of nitrogens with one attached hydrogen (secondary N) is 1. The van der Waals surface area contributed by atoms with Crippen molar-refractivity contribution in [1.82, 2.24) is 9.97 Å². The molecule has 3 nitrogen and oxygen atoms in total. The van der Waals surface area contributed by atoms with Crippen LogP contribution in [0.15, 0.2) is 18.2 Å².